The molecule has 2 heterocycles. The molecule has 0 bridgehead atoms. The third-order valence-corrected chi connectivity index (χ3v) is 11.1. The molecule has 2 aliphatic heterocycles. The van der Waals surface area contributed by atoms with E-state index in [4.69, 9.17) is 9.47 Å². The minimum Gasteiger partial charge on any atom is -0.456 e. The molecule has 0 aromatic heterocycles. The molecule has 0 fully saturated rings. The third kappa shape index (κ3) is 5.68. The number of anilines is 3. The van der Waals surface area contributed by atoms with Crippen LogP contribution in [0.1, 0.15) is 0 Å². The maximum atomic E-state index is 6.63. The van der Waals surface area contributed by atoms with E-state index in [-0.39, 0.29) is 0 Å². The van der Waals surface area contributed by atoms with E-state index < -0.39 is 0 Å². The number of para-hydroxylation sites is 3. The second-order valence-electron chi connectivity index (χ2n) is 14.4. The van der Waals surface area contributed by atoms with Gasteiger partial charge in [-0.15, -0.1) is 0 Å². The fourth-order valence-electron chi connectivity index (χ4n) is 8.44. The maximum Gasteiger partial charge on any atom is 0.135 e. The Morgan fingerprint density at radius 1 is 0.246 bits per heavy atom. The van der Waals surface area contributed by atoms with Gasteiger partial charge in [0.05, 0.1) is 0 Å². The highest BCUT2D eigenvalue weighted by molar-refractivity contribution is 5.99. The van der Waals surface area contributed by atoms with Crippen molar-refractivity contribution in [2.24, 2.45) is 0 Å². The third-order valence-electron chi connectivity index (χ3n) is 11.1. The first-order chi connectivity index (χ1) is 28.3. The number of benzene rings is 9. The molecule has 9 aromatic rings. The predicted octanol–water partition coefficient (Wildman–Crippen LogP) is 15.4. The Labute approximate surface area is 332 Å². The van der Waals surface area contributed by atoms with Gasteiger partial charge in [0.15, 0.2) is 0 Å². The van der Waals surface area contributed by atoms with Crippen molar-refractivity contribution in [1.29, 1.82) is 0 Å². The van der Waals surface area contributed by atoms with Crippen LogP contribution < -0.4 is 14.4 Å². The quantitative estimate of drug-likeness (QED) is 0.176. The van der Waals surface area contributed by atoms with Crippen molar-refractivity contribution < 1.29 is 9.47 Å². The molecule has 0 N–H and O–H groups in total. The van der Waals surface area contributed by atoms with Crippen molar-refractivity contribution in [3.8, 4) is 89.8 Å². The summed E-state index contributed by atoms with van der Waals surface area (Å²) >= 11 is 0. The standard InChI is InChI=1S/C54H35NO2/c1-2-13-36(14-3-1)37-25-29-39(30-26-37)55(41-33-34-53-49(35-41)44-16-5-4-15-43(44)45-17-6-9-22-50(45)57-53)40-31-27-38(28-32-40)42-20-12-21-47-46-18-7-10-23-51(46)56-52-24-11-8-19-48(52)54(42)47/h1-35H. The normalized spacial score (nSPS) is 11.8. The molecule has 0 aliphatic carbocycles. The number of ether oxygens (including phenoxy) is 2. The molecule has 0 unspecified atom stereocenters. The van der Waals surface area contributed by atoms with Crippen LogP contribution in [0.5, 0.6) is 23.0 Å². The Morgan fingerprint density at radius 3 is 1.32 bits per heavy atom. The number of rotatable bonds is 5. The largest absolute Gasteiger partial charge is 0.456 e. The minimum absolute atomic E-state index is 0.835. The molecule has 3 heteroatoms. The van der Waals surface area contributed by atoms with E-state index in [2.05, 4.69) is 193 Å². The van der Waals surface area contributed by atoms with Crippen molar-refractivity contribution in [2.75, 3.05) is 4.90 Å². The van der Waals surface area contributed by atoms with Crippen molar-refractivity contribution in [1.82, 2.24) is 0 Å². The van der Waals surface area contributed by atoms with Crippen LogP contribution >= 0.6 is 0 Å². The average Bonchev–Trinajstić information content (AvgIpc) is 3.52. The zero-order valence-corrected chi connectivity index (χ0v) is 31.0. The topological polar surface area (TPSA) is 21.7 Å². The Morgan fingerprint density at radius 2 is 0.667 bits per heavy atom. The lowest BCUT2D eigenvalue weighted by atomic mass is 9.87. The van der Waals surface area contributed by atoms with Gasteiger partial charge in [-0.05, 0) is 99.6 Å². The van der Waals surface area contributed by atoms with Crippen LogP contribution in [-0.2, 0) is 0 Å². The molecule has 0 amide bonds. The molecular weight excluding hydrogens is 695 g/mol. The lowest BCUT2D eigenvalue weighted by Gasteiger charge is -2.27. The summed E-state index contributed by atoms with van der Waals surface area (Å²) in [5.74, 6) is 3.41. The van der Waals surface area contributed by atoms with Gasteiger partial charge in [-0.25, -0.2) is 0 Å². The molecule has 57 heavy (non-hydrogen) atoms. The summed E-state index contributed by atoms with van der Waals surface area (Å²) < 4.78 is 13.2. The summed E-state index contributed by atoms with van der Waals surface area (Å²) in [5.41, 5.74) is 16.7. The Hall–Kier alpha value is -7.62. The van der Waals surface area contributed by atoms with Crippen molar-refractivity contribution in [3.63, 3.8) is 0 Å². The molecule has 0 radical (unpaired) electrons. The van der Waals surface area contributed by atoms with Gasteiger partial charge in [0, 0.05) is 44.9 Å². The van der Waals surface area contributed by atoms with Crippen LogP contribution in [0.4, 0.5) is 17.1 Å². The van der Waals surface area contributed by atoms with Gasteiger partial charge < -0.3 is 14.4 Å². The van der Waals surface area contributed by atoms with Crippen molar-refractivity contribution >= 4 is 17.1 Å². The second-order valence-corrected chi connectivity index (χ2v) is 14.4. The van der Waals surface area contributed by atoms with Crippen LogP contribution in [0.3, 0.4) is 0 Å². The highest BCUT2D eigenvalue weighted by atomic mass is 16.5. The van der Waals surface area contributed by atoms with Gasteiger partial charge in [-0.1, -0.05) is 152 Å². The van der Waals surface area contributed by atoms with E-state index in [1.54, 1.807) is 0 Å². The second kappa shape index (κ2) is 13.6. The summed E-state index contributed by atoms with van der Waals surface area (Å²) in [5, 5.41) is 0. The summed E-state index contributed by atoms with van der Waals surface area (Å²) in [6.07, 6.45) is 0. The average molecular weight is 730 g/mol. The molecule has 0 atom stereocenters. The fourth-order valence-corrected chi connectivity index (χ4v) is 8.44. The molecule has 11 rings (SSSR count). The highest BCUT2D eigenvalue weighted by Gasteiger charge is 2.25. The van der Waals surface area contributed by atoms with Gasteiger partial charge in [-0.3, -0.25) is 0 Å². The molecule has 9 aromatic carbocycles. The van der Waals surface area contributed by atoms with E-state index in [9.17, 15) is 0 Å². The van der Waals surface area contributed by atoms with Crippen LogP contribution in [0.15, 0.2) is 212 Å². The maximum absolute atomic E-state index is 6.63. The number of fused-ring (bicyclic) bond motifs is 10. The van der Waals surface area contributed by atoms with Crippen LogP contribution in [0.2, 0.25) is 0 Å². The summed E-state index contributed by atoms with van der Waals surface area (Å²) in [4.78, 5) is 2.34. The number of hydrogen-bond acceptors (Lipinski definition) is 3. The minimum atomic E-state index is 0.835. The number of nitrogens with zero attached hydrogens (tertiary/aromatic N) is 1. The van der Waals surface area contributed by atoms with E-state index in [1.165, 1.54) is 16.7 Å². The van der Waals surface area contributed by atoms with Crippen LogP contribution in [0.25, 0.3) is 66.8 Å². The Bertz CT molecular complexity index is 2950. The van der Waals surface area contributed by atoms with Crippen LogP contribution in [0, 0.1) is 0 Å². The SMILES string of the molecule is c1ccc(-c2ccc(N(c3ccc(-c4cccc5c4-c4ccccc4Oc4ccccc4-5)cc3)c3ccc4c(c3)-c3ccccc3-c3ccccc3O4)cc2)cc1. The van der Waals surface area contributed by atoms with Gasteiger partial charge >= 0.3 is 0 Å². The molecule has 268 valence electrons. The van der Waals surface area contributed by atoms with Gasteiger partial charge in [0.1, 0.15) is 23.0 Å². The molecule has 0 spiro atoms. The smallest absolute Gasteiger partial charge is 0.135 e. The highest BCUT2D eigenvalue weighted by Crippen LogP contribution is 2.51. The van der Waals surface area contributed by atoms with E-state index in [0.29, 0.717) is 0 Å². The number of hydrogen-bond donors (Lipinski definition) is 0. The lowest BCUT2D eigenvalue weighted by molar-refractivity contribution is 0.487. The summed E-state index contributed by atoms with van der Waals surface area (Å²) in [6.45, 7) is 0. The first kappa shape index (κ1) is 32.8. The Balaban J connectivity index is 1.05. The predicted molar refractivity (Wildman–Crippen MR) is 234 cm³/mol. The first-order valence-electron chi connectivity index (χ1n) is 19.3. The Kier molecular flexibility index (Phi) is 7.82. The zero-order chi connectivity index (χ0) is 37.7. The van der Waals surface area contributed by atoms with Gasteiger partial charge in [-0.2, -0.15) is 0 Å². The molecule has 3 nitrogen and oxygen atoms in total. The van der Waals surface area contributed by atoms with Crippen LogP contribution in [-0.4, -0.2) is 0 Å². The molecular formula is C54H35NO2. The van der Waals surface area contributed by atoms with Gasteiger partial charge in [0.25, 0.3) is 0 Å². The van der Waals surface area contributed by atoms with E-state index >= 15 is 0 Å². The first-order valence-corrected chi connectivity index (χ1v) is 19.3. The molecule has 0 saturated heterocycles. The zero-order valence-electron chi connectivity index (χ0n) is 31.0. The molecule has 0 saturated carbocycles. The summed E-state index contributed by atoms with van der Waals surface area (Å²) in [6, 6.07) is 75.0. The monoisotopic (exact) mass is 729 g/mol. The van der Waals surface area contributed by atoms with E-state index in [1.807, 2.05) is 24.3 Å². The van der Waals surface area contributed by atoms with Crippen molar-refractivity contribution in [2.45, 2.75) is 0 Å². The van der Waals surface area contributed by atoms with E-state index in [0.717, 1.165) is 90.1 Å². The fraction of sp³-hybridized carbons (Fsp3) is 0. The summed E-state index contributed by atoms with van der Waals surface area (Å²) in [7, 11) is 0. The van der Waals surface area contributed by atoms with Crippen molar-refractivity contribution in [3.05, 3.63) is 212 Å². The van der Waals surface area contributed by atoms with Gasteiger partial charge in [0.2, 0.25) is 0 Å². The molecule has 2 aliphatic rings. The lowest BCUT2D eigenvalue weighted by Crippen LogP contribution is -2.10.